The van der Waals surface area contributed by atoms with Gasteiger partial charge >= 0.3 is 11.9 Å². The molecule has 1 aromatic heterocycles. The Morgan fingerprint density at radius 3 is 2.24 bits per heavy atom. The Bertz CT molecular complexity index is 671. The van der Waals surface area contributed by atoms with E-state index in [0.717, 1.165) is 5.56 Å². The summed E-state index contributed by atoms with van der Waals surface area (Å²) < 4.78 is 1.33. The third kappa shape index (κ3) is 3.10. The Labute approximate surface area is 121 Å². The molecule has 0 bridgehead atoms. The highest BCUT2D eigenvalue weighted by atomic mass is 16.4. The Balaban J connectivity index is 2.31. The third-order valence-corrected chi connectivity index (χ3v) is 3.24. The summed E-state index contributed by atoms with van der Waals surface area (Å²) in [6, 6.07) is 7.77. The molecule has 0 radical (unpaired) electrons. The standard InChI is InChI=1S/C15H16N2O4/c1-9(2)11-5-3-10(4-6-11)7-17-8-16-12(14(18)19)13(17)15(20)21/h3-6,8-9H,7H2,1-2H3,(H,18,19)(H,20,21). The second kappa shape index (κ2) is 5.78. The van der Waals surface area contributed by atoms with Crippen molar-refractivity contribution in [1.29, 1.82) is 0 Å². The van der Waals surface area contributed by atoms with Crippen LogP contribution in [0.4, 0.5) is 0 Å². The zero-order chi connectivity index (χ0) is 15.6. The summed E-state index contributed by atoms with van der Waals surface area (Å²) in [5.41, 5.74) is 1.32. The zero-order valence-electron chi connectivity index (χ0n) is 11.8. The van der Waals surface area contributed by atoms with Crippen molar-refractivity contribution in [3.8, 4) is 0 Å². The maximum absolute atomic E-state index is 11.2. The molecule has 0 amide bonds. The predicted octanol–water partition coefficient (Wildman–Crippen LogP) is 2.45. The fourth-order valence-electron chi connectivity index (χ4n) is 2.09. The fourth-order valence-corrected chi connectivity index (χ4v) is 2.09. The van der Waals surface area contributed by atoms with E-state index in [9.17, 15) is 9.59 Å². The summed E-state index contributed by atoms with van der Waals surface area (Å²) in [6.07, 6.45) is 1.24. The molecule has 2 N–H and O–H groups in total. The van der Waals surface area contributed by atoms with Crippen LogP contribution in [0.1, 0.15) is 51.9 Å². The molecule has 1 aromatic carbocycles. The maximum atomic E-state index is 11.2. The minimum absolute atomic E-state index is 0.264. The molecule has 0 spiro atoms. The number of hydrogen-bond acceptors (Lipinski definition) is 3. The zero-order valence-corrected chi connectivity index (χ0v) is 11.8. The molecule has 0 unspecified atom stereocenters. The number of nitrogens with zero attached hydrogens (tertiary/aromatic N) is 2. The van der Waals surface area contributed by atoms with Crippen molar-refractivity contribution in [2.24, 2.45) is 0 Å². The molecule has 6 nitrogen and oxygen atoms in total. The molecule has 21 heavy (non-hydrogen) atoms. The molecule has 6 heteroatoms. The molecule has 2 aromatic rings. The number of carboxylic acids is 2. The lowest BCUT2D eigenvalue weighted by molar-refractivity contribution is 0.0640. The Morgan fingerprint density at radius 1 is 1.14 bits per heavy atom. The highest BCUT2D eigenvalue weighted by molar-refractivity contribution is 5.99. The van der Waals surface area contributed by atoms with Crippen molar-refractivity contribution >= 4 is 11.9 Å². The minimum atomic E-state index is -1.35. The second-order valence-corrected chi connectivity index (χ2v) is 5.08. The molecule has 110 valence electrons. The van der Waals surface area contributed by atoms with Gasteiger partial charge in [-0.25, -0.2) is 14.6 Å². The topological polar surface area (TPSA) is 92.4 Å². The average Bonchev–Trinajstić information content (AvgIpc) is 2.83. The molecule has 0 fully saturated rings. The Kier molecular flexibility index (Phi) is 4.07. The monoisotopic (exact) mass is 288 g/mol. The Hall–Kier alpha value is -2.63. The van der Waals surface area contributed by atoms with E-state index in [0.29, 0.717) is 5.92 Å². The van der Waals surface area contributed by atoms with Crippen molar-refractivity contribution in [2.75, 3.05) is 0 Å². The first-order valence-electron chi connectivity index (χ1n) is 6.50. The lowest BCUT2D eigenvalue weighted by Crippen LogP contribution is -2.13. The number of benzene rings is 1. The van der Waals surface area contributed by atoms with Gasteiger partial charge in [0.2, 0.25) is 0 Å². The van der Waals surface area contributed by atoms with Crippen LogP contribution in [0.5, 0.6) is 0 Å². The number of rotatable bonds is 5. The van der Waals surface area contributed by atoms with Gasteiger partial charge in [0.25, 0.3) is 0 Å². The van der Waals surface area contributed by atoms with Gasteiger partial charge in [-0.3, -0.25) is 0 Å². The number of carbonyl (C=O) groups is 2. The van der Waals surface area contributed by atoms with Gasteiger partial charge in [0.05, 0.1) is 6.33 Å². The largest absolute Gasteiger partial charge is 0.476 e. The van der Waals surface area contributed by atoms with E-state index in [1.807, 2.05) is 24.3 Å². The van der Waals surface area contributed by atoms with Gasteiger partial charge in [0.15, 0.2) is 11.4 Å². The van der Waals surface area contributed by atoms with Crippen LogP contribution in [-0.2, 0) is 6.54 Å². The number of imidazole rings is 1. The van der Waals surface area contributed by atoms with E-state index in [2.05, 4.69) is 18.8 Å². The molecule has 0 aliphatic carbocycles. The van der Waals surface area contributed by atoms with Gasteiger partial charge in [0.1, 0.15) is 0 Å². The van der Waals surface area contributed by atoms with Gasteiger partial charge in [0, 0.05) is 6.54 Å². The molecule has 1 heterocycles. The minimum Gasteiger partial charge on any atom is -0.476 e. The van der Waals surface area contributed by atoms with Crippen molar-refractivity contribution in [3.63, 3.8) is 0 Å². The van der Waals surface area contributed by atoms with Crippen molar-refractivity contribution in [1.82, 2.24) is 9.55 Å². The summed E-state index contributed by atoms with van der Waals surface area (Å²) in [5.74, 6) is -2.23. The second-order valence-electron chi connectivity index (χ2n) is 5.08. The summed E-state index contributed by atoms with van der Waals surface area (Å²) in [6.45, 7) is 4.44. The first-order chi connectivity index (χ1) is 9.90. The van der Waals surface area contributed by atoms with Gasteiger partial charge < -0.3 is 14.8 Å². The quantitative estimate of drug-likeness (QED) is 0.881. The van der Waals surface area contributed by atoms with Crippen LogP contribution in [0.3, 0.4) is 0 Å². The van der Waals surface area contributed by atoms with Gasteiger partial charge in [-0.1, -0.05) is 38.1 Å². The highest BCUT2D eigenvalue weighted by Gasteiger charge is 2.22. The highest BCUT2D eigenvalue weighted by Crippen LogP contribution is 2.16. The van der Waals surface area contributed by atoms with Gasteiger partial charge in [-0.2, -0.15) is 0 Å². The molecular formula is C15H16N2O4. The van der Waals surface area contributed by atoms with E-state index in [-0.39, 0.29) is 12.2 Å². The molecule has 0 aliphatic rings. The van der Waals surface area contributed by atoms with E-state index >= 15 is 0 Å². The van der Waals surface area contributed by atoms with E-state index in [1.165, 1.54) is 16.5 Å². The fraction of sp³-hybridized carbons (Fsp3) is 0.267. The summed E-state index contributed by atoms with van der Waals surface area (Å²) >= 11 is 0. The third-order valence-electron chi connectivity index (χ3n) is 3.24. The predicted molar refractivity (Wildman–Crippen MR) is 75.8 cm³/mol. The van der Waals surface area contributed by atoms with Crippen LogP contribution in [-0.4, -0.2) is 31.7 Å². The lowest BCUT2D eigenvalue weighted by Gasteiger charge is -2.09. The summed E-state index contributed by atoms with van der Waals surface area (Å²) in [4.78, 5) is 25.9. The van der Waals surface area contributed by atoms with Crippen molar-refractivity contribution < 1.29 is 19.8 Å². The van der Waals surface area contributed by atoms with E-state index in [4.69, 9.17) is 10.2 Å². The summed E-state index contributed by atoms with van der Waals surface area (Å²) in [5, 5.41) is 18.1. The normalized spacial score (nSPS) is 10.8. The molecule has 0 aliphatic heterocycles. The number of carboxylic acid groups (broad SMARTS) is 2. The van der Waals surface area contributed by atoms with Crippen LogP contribution >= 0.6 is 0 Å². The van der Waals surface area contributed by atoms with Crippen LogP contribution in [0.25, 0.3) is 0 Å². The van der Waals surface area contributed by atoms with Crippen LogP contribution in [0.15, 0.2) is 30.6 Å². The first-order valence-corrected chi connectivity index (χ1v) is 6.50. The van der Waals surface area contributed by atoms with Crippen molar-refractivity contribution in [3.05, 3.63) is 53.1 Å². The van der Waals surface area contributed by atoms with Crippen LogP contribution in [0, 0.1) is 0 Å². The van der Waals surface area contributed by atoms with E-state index < -0.39 is 17.6 Å². The number of hydrogen-bond donors (Lipinski definition) is 2. The average molecular weight is 288 g/mol. The molecule has 0 saturated heterocycles. The number of aromatic carboxylic acids is 2. The Morgan fingerprint density at radius 2 is 1.76 bits per heavy atom. The van der Waals surface area contributed by atoms with Crippen molar-refractivity contribution in [2.45, 2.75) is 26.3 Å². The smallest absolute Gasteiger partial charge is 0.357 e. The van der Waals surface area contributed by atoms with Gasteiger partial charge in [-0.15, -0.1) is 0 Å². The number of aromatic nitrogens is 2. The van der Waals surface area contributed by atoms with Gasteiger partial charge in [-0.05, 0) is 17.0 Å². The SMILES string of the molecule is CC(C)c1ccc(Cn2cnc(C(=O)O)c2C(=O)O)cc1. The molecule has 0 saturated carbocycles. The first kappa shape index (κ1) is 14.8. The lowest BCUT2D eigenvalue weighted by atomic mass is 10.0. The van der Waals surface area contributed by atoms with E-state index in [1.54, 1.807) is 0 Å². The summed E-state index contributed by atoms with van der Waals surface area (Å²) in [7, 11) is 0. The van der Waals surface area contributed by atoms with Crippen LogP contribution < -0.4 is 0 Å². The maximum Gasteiger partial charge on any atom is 0.357 e. The van der Waals surface area contributed by atoms with Crippen LogP contribution in [0.2, 0.25) is 0 Å². The molecule has 2 rings (SSSR count). The molecule has 0 atom stereocenters. The molecular weight excluding hydrogens is 272 g/mol.